The summed E-state index contributed by atoms with van der Waals surface area (Å²) in [6.45, 7) is 7.85. The maximum absolute atomic E-state index is 9.19. The van der Waals surface area contributed by atoms with Crippen LogP contribution in [0.5, 0.6) is 0 Å². The summed E-state index contributed by atoms with van der Waals surface area (Å²) in [6, 6.07) is 6.70. The zero-order chi connectivity index (χ0) is 13.5. The van der Waals surface area contributed by atoms with Gasteiger partial charge in [-0.2, -0.15) is 0 Å². The average Bonchev–Trinajstić information content (AvgIpc) is 2.34. The minimum atomic E-state index is 0.0817. The van der Waals surface area contributed by atoms with Gasteiger partial charge < -0.3 is 10.0 Å². The lowest BCUT2D eigenvalue weighted by Crippen LogP contribution is -2.31. The van der Waals surface area contributed by atoms with Gasteiger partial charge in [0.15, 0.2) is 0 Å². The van der Waals surface area contributed by atoms with E-state index in [0.717, 1.165) is 16.6 Å². The first-order chi connectivity index (χ1) is 8.60. The minimum absolute atomic E-state index is 0.0817. The zero-order valence-electron chi connectivity index (χ0n) is 11.6. The van der Waals surface area contributed by atoms with Gasteiger partial charge in [0.1, 0.15) is 0 Å². The van der Waals surface area contributed by atoms with Crippen molar-refractivity contribution < 1.29 is 5.11 Å². The van der Waals surface area contributed by atoms with E-state index in [-0.39, 0.29) is 6.61 Å². The Kier molecular flexibility index (Phi) is 6.72. The fourth-order valence-corrected chi connectivity index (χ4v) is 2.55. The van der Waals surface area contributed by atoms with Crippen LogP contribution in [0.15, 0.2) is 22.7 Å². The molecule has 0 saturated heterocycles. The van der Waals surface area contributed by atoms with Gasteiger partial charge in [0.2, 0.25) is 0 Å². The number of hydrogen-bond donors (Lipinski definition) is 1. The van der Waals surface area contributed by atoms with Crippen molar-refractivity contribution in [1.29, 1.82) is 0 Å². The summed E-state index contributed by atoms with van der Waals surface area (Å²) in [7, 11) is 0. The van der Waals surface area contributed by atoms with Gasteiger partial charge in [-0.15, -0.1) is 0 Å². The standard InChI is InChI=1S/C15H24BrNO/c1-4-5-6-9-17(12(2)3)14-8-7-13(11-18)15(16)10-14/h7-8,10,12,18H,4-6,9,11H2,1-3H3. The van der Waals surface area contributed by atoms with Crippen molar-refractivity contribution in [2.24, 2.45) is 0 Å². The molecule has 0 saturated carbocycles. The zero-order valence-corrected chi connectivity index (χ0v) is 13.2. The van der Waals surface area contributed by atoms with Crippen LogP contribution >= 0.6 is 15.9 Å². The lowest BCUT2D eigenvalue weighted by molar-refractivity contribution is 0.281. The second-order valence-electron chi connectivity index (χ2n) is 4.93. The molecular formula is C15H24BrNO. The van der Waals surface area contributed by atoms with Crippen molar-refractivity contribution in [3.63, 3.8) is 0 Å². The molecule has 0 radical (unpaired) electrons. The topological polar surface area (TPSA) is 23.5 Å². The van der Waals surface area contributed by atoms with Crippen LogP contribution in [-0.2, 0) is 6.61 Å². The number of halogens is 1. The first-order valence-corrected chi connectivity index (χ1v) is 7.55. The molecule has 2 nitrogen and oxygen atoms in total. The van der Waals surface area contributed by atoms with Crippen LogP contribution in [0.25, 0.3) is 0 Å². The molecule has 0 heterocycles. The highest BCUT2D eigenvalue weighted by molar-refractivity contribution is 9.10. The van der Waals surface area contributed by atoms with Crippen molar-refractivity contribution in [1.82, 2.24) is 0 Å². The van der Waals surface area contributed by atoms with Gasteiger partial charge in [0.25, 0.3) is 0 Å². The van der Waals surface area contributed by atoms with E-state index >= 15 is 0 Å². The highest BCUT2D eigenvalue weighted by Crippen LogP contribution is 2.26. The maximum atomic E-state index is 9.19. The number of unbranched alkanes of at least 4 members (excludes halogenated alkanes) is 2. The van der Waals surface area contributed by atoms with E-state index < -0.39 is 0 Å². The van der Waals surface area contributed by atoms with Gasteiger partial charge in [0, 0.05) is 22.7 Å². The van der Waals surface area contributed by atoms with E-state index in [1.807, 2.05) is 6.07 Å². The number of anilines is 1. The average molecular weight is 314 g/mol. The molecule has 0 aromatic heterocycles. The van der Waals surface area contributed by atoms with Crippen molar-refractivity contribution in [3.05, 3.63) is 28.2 Å². The summed E-state index contributed by atoms with van der Waals surface area (Å²) in [6.07, 6.45) is 3.76. The number of aliphatic hydroxyl groups is 1. The summed E-state index contributed by atoms with van der Waals surface area (Å²) >= 11 is 3.52. The second kappa shape index (κ2) is 7.80. The predicted octanol–water partition coefficient (Wildman–Crippen LogP) is 4.35. The van der Waals surface area contributed by atoms with Crippen molar-refractivity contribution in [3.8, 4) is 0 Å². The molecule has 1 rings (SSSR count). The Morgan fingerprint density at radius 3 is 2.50 bits per heavy atom. The van der Waals surface area contributed by atoms with Crippen molar-refractivity contribution >= 4 is 21.6 Å². The van der Waals surface area contributed by atoms with Gasteiger partial charge >= 0.3 is 0 Å². The molecule has 0 amide bonds. The minimum Gasteiger partial charge on any atom is -0.392 e. The molecule has 0 unspecified atom stereocenters. The van der Waals surface area contributed by atoms with E-state index in [1.54, 1.807) is 0 Å². The Morgan fingerprint density at radius 1 is 1.28 bits per heavy atom. The maximum Gasteiger partial charge on any atom is 0.0692 e. The third-order valence-electron chi connectivity index (χ3n) is 3.16. The third-order valence-corrected chi connectivity index (χ3v) is 3.90. The van der Waals surface area contributed by atoms with E-state index in [9.17, 15) is 5.11 Å². The first kappa shape index (κ1) is 15.5. The molecule has 0 spiro atoms. The quantitative estimate of drug-likeness (QED) is 0.757. The molecule has 0 aliphatic carbocycles. The summed E-state index contributed by atoms with van der Waals surface area (Å²) in [5.41, 5.74) is 2.17. The molecule has 18 heavy (non-hydrogen) atoms. The smallest absolute Gasteiger partial charge is 0.0692 e. The molecule has 1 aromatic carbocycles. The van der Waals surface area contributed by atoms with E-state index in [2.05, 4.69) is 53.7 Å². The van der Waals surface area contributed by atoms with Crippen LogP contribution < -0.4 is 4.90 Å². The Bertz CT molecular complexity index is 366. The number of aliphatic hydroxyl groups excluding tert-OH is 1. The lowest BCUT2D eigenvalue weighted by Gasteiger charge is -2.29. The van der Waals surface area contributed by atoms with E-state index in [1.165, 1.54) is 24.9 Å². The highest BCUT2D eigenvalue weighted by atomic mass is 79.9. The Hall–Kier alpha value is -0.540. The summed E-state index contributed by atoms with van der Waals surface area (Å²) in [5, 5.41) is 9.19. The molecule has 102 valence electrons. The van der Waals surface area contributed by atoms with Crippen LogP contribution in [0.2, 0.25) is 0 Å². The lowest BCUT2D eigenvalue weighted by atomic mass is 10.1. The fourth-order valence-electron chi connectivity index (χ4n) is 2.06. The normalized spacial score (nSPS) is 11.0. The van der Waals surface area contributed by atoms with Gasteiger partial charge in [0.05, 0.1) is 6.61 Å². The summed E-state index contributed by atoms with van der Waals surface area (Å²) in [4.78, 5) is 2.42. The highest BCUT2D eigenvalue weighted by Gasteiger charge is 2.11. The van der Waals surface area contributed by atoms with Crippen molar-refractivity contribution in [2.45, 2.75) is 52.7 Å². The predicted molar refractivity (Wildman–Crippen MR) is 82.1 cm³/mol. The van der Waals surface area contributed by atoms with Crippen LogP contribution in [0.4, 0.5) is 5.69 Å². The van der Waals surface area contributed by atoms with Crippen LogP contribution in [0, 0.1) is 0 Å². The summed E-state index contributed by atoms with van der Waals surface area (Å²) < 4.78 is 0.989. The number of hydrogen-bond acceptors (Lipinski definition) is 2. The molecule has 3 heteroatoms. The fraction of sp³-hybridized carbons (Fsp3) is 0.600. The largest absolute Gasteiger partial charge is 0.392 e. The Morgan fingerprint density at radius 2 is 2.00 bits per heavy atom. The molecule has 0 fully saturated rings. The number of benzene rings is 1. The van der Waals surface area contributed by atoms with Crippen LogP contribution in [0.3, 0.4) is 0 Å². The number of nitrogens with zero attached hydrogens (tertiary/aromatic N) is 1. The second-order valence-corrected chi connectivity index (χ2v) is 5.78. The Balaban J connectivity index is 2.82. The van der Waals surface area contributed by atoms with Gasteiger partial charge in [-0.3, -0.25) is 0 Å². The Labute approximate surface area is 119 Å². The molecular weight excluding hydrogens is 290 g/mol. The monoisotopic (exact) mass is 313 g/mol. The van der Waals surface area contributed by atoms with Gasteiger partial charge in [-0.05, 0) is 38.0 Å². The molecule has 0 bridgehead atoms. The molecule has 1 aromatic rings. The SMILES string of the molecule is CCCCCN(c1ccc(CO)c(Br)c1)C(C)C. The van der Waals surface area contributed by atoms with Crippen LogP contribution in [0.1, 0.15) is 45.6 Å². The van der Waals surface area contributed by atoms with Gasteiger partial charge in [-0.1, -0.05) is 41.8 Å². The van der Waals surface area contributed by atoms with Crippen molar-refractivity contribution in [2.75, 3.05) is 11.4 Å². The van der Waals surface area contributed by atoms with Gasteiger partial charge in [-0.25, -0.2) is 0 Å². The first-order valence-electron chi connectivity index (χ1n) is 6.76. The third kappa shape index (κ3) is 4.29. The van der Waals surface area contributed by atoms with Crippen LogP contribution in [-0.4, -0.2) is 17.7 Å². The molecule has 1 N–H and O–H groups in total. The summed E-state index contributed by atoms with van der Waals surface area (Å²) in [5.74, 6) is 0. The molecule has 0 atom stereocenters. The molecule has 0 aliphatic rings. The molecule has 0 aliphatic heterocycles. The van der Waals surface area contributed by atoms with E-state index in [4.69, 9.17) is 0 Å². The number of rotatable bonds is 7. The van der Waals surface area contributed by atoms with E-state index in [0.29, 0.717) is 6.04 Å².